The number of aryl methyl sites for hydroxylation is 1. The predicted molar refractivity (Wildman–Crippen MR) is 97.2 cm³/mol. The van der Waals surface area contributed by atoms with Crippen molar-refractivity contribution in [2.24, 2.45) is 0 Å². The lowest BCUT2D eigenvalue weighted by atomic mass is 10.1. The molecule has 0 saturated carbocycles. The first-order valence-corrected chi connectivity index (χ1v) is 8.72. The van der Waals surface area contributed by atoms with Crippen molar-refractivity contribution in [3.8, 4) is 0 Å². The van der Waals surface area contributed by atoms with Crippen LogP contribution in [0.5, 0.6) is 0 Å². The van der Waals surface area contributed by atoms with Crippen LogP contribution in [0.25, 0.3) is 11.0 Å². The first-order valence-electron chi connectivity index (χ1n) is 7.92. The molecule has 0 fully saturated rings. The van der Waals surface area contributed by atoms with Gasteiger partial charge in [0.1, 0.15) is 11.3 Å². The molecule has 0 aliphatic carbocycles. The first-order chi connectivity index (χ1) is 11.4. The number of carbonyl (C=O) groups excluding carboxylic acids is 1. The Balaban J connectivity index is 1.84. The van der Waals surface area contributed by atoms with Crippen LogP contribution < -0.4 is 5.32 Å². The number of aromatic nitrogens is 2. The lowest BCUT2D eigenvalue weighted by molar-refractivity contribution is 0.0929. The number of para-hydroxylation sites is 1. The van der Waals surface area contributed by atoms with Crippen LogP contribution in [-0.4, -0.2) is 16.1 Å². The molecule has 0 aliphatic heterocycles. The molecular formula is C18H20BrN3O2. The van der Waals surface area contributed by atoms with E-state index in [1.165, 1.54) is 0 Å². The third-order valence-electron chi connectivity index (χ3n) is 4.15. The second-order valence-electron chi connectivity index (χ2n) is 6.24. The zero-order chi connectivity index (χ0) is 17.4. The molecule has 5 nitrogen and oxygen atoms in total. The van der Waals surface area contributed by atoms with Crippen molar-refractivity contribution in [2.45, 2.75) is 39.7 Å². The van der Waals surface area contributed by atoms with E-state index < -0.39 is 0 Å². The molecule has 2 N–H and O–H groups in total. The van der Waals surface area contributed by atoms with Gasteiger partial charge >= 0.3 is 0 Å². The van der Waals surface area contributed by atoms with Gasteiger partial charge in [-0.1, -0.05) is 32.0 Å². The number of halogens is 1. The zero-order valence-electron chi connectivity index (χ0n) is 14.1. The smallest absolute Gasteiger partial charge is 0.273 e. The molecule has 0 bridgehead atoms. The summed E-state index contributed by atoms with van der Waals surface area (Å²) in [6.45, 7) is 8.00. The second-order valence-corrected chi connectivity index (χ2v) is 7.03. The second kappa shape index (κ2) is 6.43. The normalized spacial score (nSPS) is 12.8. The van der Waals surface area contributed by atoms with Crippen LogP contribution in [0.4, 0.5) is 0 Å². The Hall–Kier alpha value is -2.08. The molecule has 3 aromatic rings. The Morgan fingerprint density at radius 3 is 2.62 bits per heavy atom. The highest BCUT2D eigenvalue weighted by molar-refractivity contribution is 9.10. The average molecular weight is 390 g/mol. The van der Waals surface area contributed by atoms with Gasteiger partial charge in [-0.15, -0.1) is 0 Å². The molecule has 0 spiro atoms. The summed E-state index contributed by atoms with van der Waals surface area (Å²) in [5.74, 6) is 0.779. The van der Waals surface area contributed by atoms with E-state index in [-0.39, 0.29) is 17.9 Å². The highest BCUT2D eigenvalue weighted by Crippen LogP contribution is 2.30. The van der Waals surface area contributed by atoms with Gasteiger partial charge in [0.15, 0.2) is 5.69 Å². The number of nitrogens with one attached hydrogen (secondary N) is 2. The summed E-state index contributed by atoms with van der Waals surface area (Å²) in [5.41, 5.74) is 3.14. The van der Waals surface area contributed by atoms with Crippen molar-refractivity contribution in [1.29, 1.82) is 0 Å². The first kappa shape index (κ1) is 16.8. The molecular weight excluding hydrogens is 370 g/mol. The molecule has 1 atom stereocenters. The molecule has 0 radical (unpaired) electrons. The number of furan rings is 1. The standard InChI is InChI=1S/C18H20BrN3O2/c1-9(2)15-14(19)16(22-21-15)18(23)20-11(4)17-10(3)12-7-5-6-8-13(12)24-17/h5-9,11H,1-4H3,(H,20,23)(H,21,22). The van der Waals surface area contributed by atoms with E-state index in [0.29, 0.717) is 10.2 Å². The lowest BCUT2D eigenvalue weighted by Crippen LogP contribution is -2.27. The molecule has 126 valence electrons. The lowest BCUT2D eigenvalue weighted by Gasteiger charge is -2.12. The molecule has 0 aliphatic rings. The Bertz CT molecular complexity index is 895. The highest BCUT2D eigenvalue weighted by Gasteiger charge is 2.23. The minimum Gasteiger partial charge on any atom is -0.459 e. The third kappa shape index (κ3) is 2.86. The van der Waals surface area contributed by atoms with Gasteiger partial charge in [0.25, 0.3) is 5.91 Å². The van der Waals surface area contributed by atoms with Crippen molar-refractivity contribution in [2.75, 3.05) is 0 Å². The van der Waals surface area contributed by atoms with Crippen LogP contribution in [0.3, 0.4) is 0 Å². The number of hydrogen-bond donors (Lipinski definition) is 2. The summed E-state index contributed by atoms with van der Waals surface area (Å²) >= 11 is 3.46. The fraction of sp³-hybridized carbons (Fsp3) is 0.333. The van der Waals surface area contributed by atoms with Crippen molar-refractivity contribution < 1.29 is 9.21 Å². The summed E-state index contributed by atoms with van der Waals surface area (Å²) in [7, 11) is 0. The molecule has 2 heterocycles. The Kier molecular flexibility index (Phi) is 4.49. The maximum Gasteiger partial charge on any atom is 0.273 e. The number of carbonyl (C=O) groups is 1. The van der Waals surface area contributed by atoms with Gasteiger partial charge in [-0.05, 0) is 41.8 Å². The molecule has 1 amide bonds. The van der Waals surface area contributed by atoms with Crippen LogP contribution in [0, 0.1) is 6.92 Å². The van der Waals surface area contributed by atoms with Gasteiger partial charge in [0.05, 0.1) is 16.2 Å². The summed E-state index contributed by atoms with van der Waals surface area (Å²) in [6.07, 6.45) is 0. The number of rotatable bonds is 4. The molecule has 2 aromatic heterocycles. The number of amides is 1. The van der Waals surface area contributed by atoms with Crippen LogP contribution in [0.15, 0.2) is 33.2 Å². The zero-order valence-corrected chi connectivity index (χ0v) is 15.7. The van der Waals surface area contributed by atoms with Gasteiger partial charge < -0.3 is 9.73 Å². The highest BCUT2D eigenvalue weighted by atomic mass is 79.9. The van der Waals surface area contributed by atoms with Crippen LogP contribution in [0.2, 0.25) is 0 Å². The van der Waals surface area contributed by atoms with Gasteiger partial charge in [-0.2, -0.15) is 5.10 Å². The SMILES string of the molecule is Cc1c(C(C)NC(=O)c2n[nH]c(C(C)C)c2Br)oc2ccccc12. The van der Waals surface area contributed by atoms with Crippen molar-refractivity contribution in [1.82, 2.24) is 15.5 Å². The molecule has 1 aromatic carbocycles. The topological polar surface area (TPSA) is 70.9 Å². The Labute approximate surface area is 148 Å². The molecule has 0 saturated heterocycles. The number of fused-ring (bicyclic) bond motifs is 1. The fourth-order valence-electron chi connectivity index (χ4n) is 2.81. The van der Waals surface area contributed by atoms with Gasteiger partial charge in [-0.3, -0.25) is 9.89 Å². The van der Waals surface area contributed by atoms with E-state index in [0.717, 1.165) is 28.0 Å². The Morgan fingerprint density at radius 2 is 2.00 bits per heavy atom. The van der Waals surface area contributed by atoms with Gasteiger partial charge in [-0.25, -0.2) is 0 Å². The molecule has 3 rings (SSSR count). The molecule has 6 heteroatoms. The summed E-state index contributed by atoms with van der Waals surface area (Å²) in [4.78, 5) is 12.5. The number of H-pyrrole nitrogens is 1. The van der Waals surface area contributed by atoms with Crippen LogP contribution >= 0.6 is 15.9 Å². The predicted octanol–water partition coefficient (Wildman–Crippen LogP) is 4.84. The van der Waals surface area contributed by atoms with Crippen molar-refractivity contribution in [3.63, 3.8) is 0 Å². The van der Waals surface area contributed by atoms with Crippen molar-refractivity contribution >= 4 is 32.8 Å². The quantitative estimate of drug-likeness (QED) is 0.670. The van der Waals surface area contributed by atoms with E-state index in [4.69, 9.17) is 4.42 Å². The van der Waals surface area contributed by atoms with Gasteiger partial charge in [0, 0.05) is 10.9 Å². The van der Waals surface area contributed by atoms with Crippen LogP contribution in [-0.2, 0) is 0 Å². The maximum absolute atomic E-state index is 12.5. The number of hydrogen-bond acceptors (Lipinski definition) is 3. The number of nitrogens with zero attached hydrogens (tertiary/aromatic N) is 1. The van der Waals surface area contributed by atoms with Crippen molar-refractivity contribution in [3.05, 3.63) is 51.4 Å². The fourth-order valence-corrected chi connectivity index (χ4v) is 3.63. The summed E-state index contributed by atoms with van der Waals surface area (Å²) in [6, 6.07) is 7.61. The Morgan fingerprint density at radius 1 is 1.29 bits per heavy atom. The third-order valence-corrected chi connectivity index (χ3v) is 4.95. The minimum atomic E-state index is -0.254. The number of aromatic amines is 1. The number of benzene rings is 1. The minimum absolute atomic E-state index is 0.239. The van der Waals surface area contributed by atoms with E-state index in [2.05, 4.69) is 31.4 Å². The van der Waals surface area contributed by atoms with E-state index >= 15 is 0 Å². The largest absolute Gasteiger partial charge is 0.459 e. The van der Waals surface area contributed by atoms with E-state index in [1.54, 1.807) is 0 Å². The molecule has 1 unspecified atom stereocenters. The summed E-state index contributed by atoms with van der Waals surface area (Å²) < 4.78 is 6.63. The monoisotopic (exact) mass is 389 g/mol. The van der Waals surface area contributed by atoms with Gasteiger partial charge in [0.2, 0.25) is 0 Å². The average Bonchev–Trinajstić information content (AvgIpc) is 3.08. The maximum atomic E-state index is 12.5. The van der Waals surface area contributed by atoms with E-state index in [9.17, 15) is 4.79 Å². The molecule has 24 heavy (non-hydrogen) atoms. The van der Waals surface area contributed by atoms with E-state index in [1.807, 2.05) is 52.0 Å². The summed E-state index contributed by atoms with van der Waals surface area (Å²) in [5, 5.41) is 11.1. The van der Waals surface area contributed by atoms with Crippen LogP contribution in [0.1, 0.15) is 60.2 Å².